The van der Waals surface area contributed by atoms with E-state index >= 15 is 0 Å². The lowest BCUT2D eigenvalue weighted by Crippen LogP contribution is -2.35. The standard InChI is InChI=1S/C17H21N3/c1-12-9-10-14-6-3-4-8-16(14)20(12)17-15(13(2)18)7-5-11-19-17/h3-8,11-13H,9-10,18H2,1-2H3/t12?,13-/m0/s1. The minimum Gasteiger partial charge on any atom is -0.324 e. The van der Waals surface area contributed by atoms with Crippen molar-refractivity contribution in [2.75, 3.05) is 4.90 Å². The van der Waals surface area contributed by atoms with E-state index in [4.69, 9.17) is 5.73 Å². The molecule has 1 aliphatic rings. The zero-order chi connectivity index (χ0) is 14.1. The minimum atomic E-state index is -0.0139. The molecule has 0 amide bonds. The number of benzene rings is 1. The first-order valence-electron chi connectivity index (χ1n) is 7.26. The summed E-state index contributed by atoms with van der Waals surface area (Å²) in [5.41, 5.74) is 9.89. The largest absolute Gasteiger partial charge is 0.324 e. The minimum absolute atomic E-state index is 0.0139. The van der Waals surface area contributed by atoms with Crippen LogP contribution < -0.4 is 10.6 Å². The SMILES string of the molecule is CC1CCc2ccccc2N1c1ncccc1[C@H](C)N. The molecule has 0 spiro atoms. The van der Waals surface area contributed by atoms with Gasteiger partial charge in [0, 0.05) is 29.5 Å². The van der Waals surface area contributed by atoms with Crippen LogP contribution in [0.4, 0.5) is 11.5 Å². The lowest BCUT2D eigenvalue weighted by atomic mass is 9.95. The summed E-state index contributed by atoms with van der Waals surface area (Å²) in [5, 5.41) is 0. The van der Waals surface area contributed by atoms with Crippen LogP contribution in [0.5, 0.6) is 0 Å². The first-order valence-corrected chi connectivity index (χ1v) is 7.26. The third-order valence-corrected chi connectivity index (χ3v) is 4.06. The van der Waals surface area contributed by atoms with Gasteiger partial charge in [-0.1, -0.05) is 24.3 Å². The molecule has 1 unspecified atom stereocenters. The molecule has 1 aliphatic heterocycles. The molecule has 0 aliphatic carbocycles. The second-order valence-electron chi connectivity index (χ2n) is 5.59. The Morgan fingerprint density at radius 3 is 2.85 bits per heavy atom. The van der Waals surface area contributed by atoms with E-state index < -0.39 is 0 Å². The smallest absolute Gasteiger partial charge is 0.137 e. The second kappa shape index (κ2) is 5.25. The molecule has 20 heavy (non-hydrogen) atoms. The second-order valence-corrected chi connectivity index (χ2v) is 5.59. The Morgan fingerprint density at radius 2 is 2.05 bits per heavy atom. The maximum Gasteiger partial charge on any atom is 0.137 e. The van der Waals surface area contributed by atoms with Crippen molar-refractivity contribution in [2.24, 2.45) is 5.73 Å². The molecule has 2 heterocycles. The Hall–Kier alpha value is -1.87. The van der Waals surface area contributed by atoms with Crippen molar-refractivity contribution in [1.82, 2.24) is 4.98 Å². The van der Waals surface area contributed by atoms with Crippen molar-refractivity contribution in [2.45, 2.75) is 38.8 Å². The number of nitrogens with two attached hydrogens (primary N) is 1. The van der Waals surface area contributed by atoms with Gasteiger partial charge in [0.25, 0.3) is 0 Å². The van der Waals surface area contributed by atoms with Crippen LogP contribution >= 0.6 is 0 Å². The summed E-state index contributed by atoms with van der Waals surface area (Å²) >= 11 is 0. The van der Waals surface area contributed by atoms with Gasteiger partial charge in [0.05, 0.1) is 0 Å². The summed E-state index contributed by atoms with van der Waals surface area (Å²) in [6.07, 6.45) is 4.13. The molecule has 2 aromatic rings. The van der Waals surface area contributed by atoms with Crippen molar-refractivity contribution in [1.29, 1.82) is 0 Å². The molecule has 104 valence electrons. The molecule has 1 aromatic heterocycles. The third kappa shape index (κ3) is 2.18. The molecule has 3 heteroatoms. The summed E-state index contributed by atoms with van der Waals surface area (Å²) < 4.78 is 0. The van der Waals surface area contributed by atoms with Gasteiger partial charge in [-0.15, -0.1) is 0 Å². The fourth-order valence-electron chi connectivity index (χ4n) is 2.98. The van der Waals surface area contributed by atoms with E-state index in [1.807, 2.05) is 19.2 Å². The van der Waals surface area contributed by atoms with E-state index in [9.17, 15) is 0 Å². The van der Waals surface area contributed by atoms with Gasteiger partial charge in [-0.2, -0.15) is 0 Å². The number of nitrogens with zero attached hydrogens (tertiary/aromatic N) is 2. The number of aryl methyl sites for hydroxylation is 1. The average molecular weight is 267 g/mol. The maximum absolute atomic E-state index is 6.12. The van der Waals surface area contributed by atoms with Crippen LogP contribution in [0.1, 0.15) is 37.4 Å². The summed E-state index contributed by atoms with van der Waals surface area (Å²) in [5.74, 6) is 1.00. The van der Waals surface area contributed by atoms with Gasteiger partial charge in [-0.25, -0.2) is 4.98 Å². The predicted octanol–water partition coefficient (Wildman–Crippen LogP) is 3.57. The van der Waals surface area contributed by atoms with Crippen LogP contribution in [0.25, 0.3) is 0 Å². The fraction of sp³-hybridized carbons (Fsp3) is 0.353. The van der Waals surface area contributed by atoms with Crippen molar-refractivity contribution < 1.29 is 0 Å². The molecule has 0 saturated heterocycles. The number of hydrogen-bond donors (Lipinski definition) is 1. The van der Waals surface area contributed by atoms with Gasteiger partial charge in [-0.3, -0.25) is 0 Å². The molecule has 2 atom stereocenters. The van der Waals surface area contributed by atoms with Gasteiger partial charge in [-0.05, 0) is 44.4 Å². The Bertz CT molecular complexity index is 607. The van der Waals surface area contributed by atoms with Crippen molar-refractivity contribution in [3.05, 3.63) is 53.7 Å². The van der Waals surface area contributed by atoms with Crippen molar-refractivity contribution >= 4 is 11.5 Å². The van der Waals surface area contributed by atoms with Crippen molar-refractivity contribution in [3.8, 4) is 0 Å². The van der Waals surface area contributed by atoms with E-state index in [1.165, 1.54) is 11.3 Å². The van der Waals surface area contributed by atoms with Crippen LogP contribution in [-0.4, -0.2) is 11.0 Å². The third-order valence-electron chi connectivity index (χ3n) is 4.06. The Morgan fingerprint density at radius 1 is 1.25 bits per heavy atom. The van der Waals surface area contributed by atoms with Crippen molar-refractivity contribution in [3.63, 3.8) is 0 Å². The fourth-order valence-corrected chi connectivity index (χ4v) is 2.98. The maximum atomic E-state index is 6.12. The molecule has 1 aromatic carbocycles. The number of pyridine rings is 1. The summed E-state index contributed by atoms with van der Waals surface area (Å²) in [7, 11) is 0. The summed E-state index contributed by atoms with van der Waals surface area (Å²) in [6.45, 7) is 4.27. The van der Waals surface area contributed by atoms with E-state index in [0.717, 1.165) is 24.2 Å². The molecule has 3 rings (SSSR count). The molecular formula is C17H21N3. The van der Waals surface area contributed by atoms with Crippen LogP contribution in [0.3, 0.4) is 0 Å². The van der Waals surface area contributed by atoms with Gasteiger partial charge in [0.15, 0.2) is 0 Å². The predicted molar refractivity (Wildman–Crippen MR) is 83.2 cm³/mol. The number of rotatable bonds is 2. The number of hydrogen-bond acceptors (Lipinski definition) is 3. The molecule has 0 fully saturated rings. The normalized spacial score (nSPS) is 19.6. The lowest BCUT2D eigenvalue weighted by Gasteiger charge is -2.37. The van der Waals surface area contributed by atoms with Crippen LogP contribution in [-0.2, 0) is 6.42 Å². The van der Waals surface area contributed by atoms with E-state index in [2.05, 4.69) is 47.1 Å². The molecular weight excluding hydrogens is 246 g/mol. The number of aromatic nitrogens is 1. The quantitative estimate of drug-likeness (QED) is 0.904. The molecule has 0 radical (unpaired) electrons. The van der Waals surface area contributed by atoms with E-state index in [1.54, 1.807) is 0 Å². The molecule has 3 nitrogen and oxygen atoms in total. The molecule has 2 N–H and O–H groups in total. The summed E-state index contributed by atoms with van der Waals surface area (Å²) in [6, 6.07) is 13.1. The first kappa shape index (κ1) is 13.1. The monoisotopic (exact) mass is 267 g/mol. The zero-order valence-electron chi connectivity index (χ0n) is 12.1. The topological polar surface area (TPSA) is 42.2 Å². The highest BCUT2D eigenvalue weighted by Gasteiger charge is 2.27. The van der Waals surface area contributed by atoms with Crippen LogP contribution in [0.15, 0.2) is 42.6 Å². The Balaban J connectivity index is 2.14. The van der Waals surface area contributed by atoms with E-state index in [0.29, 0.717) is 6.04 Å². The van der Waals surface area contributed by atoms with Gasteiger partial charge in [0.2, 0.25) is 0 Å². The molecule has 0 bridgehead atoms. The zero-order valence-corrected chi connectivity index (χ0v) is 12.1. The van der Waals surface area contributed by atoms with Crippen LogP contribution in [0.2, 0.25) is 0 Å². The highest BCUT2D eigenvalue weighted by Crippen LogP contribution is 2.38. The average Bonchev–Trinajstić information content (AvgIpc) is 2.47. The number of fused-ring (bicyclic) bond motifs is 1. The van der Waals surface area contributed by atoms with E-state index in [-0.39, 0.29) is 6.04 Å². The Labute approximate surface area is 120 Å². The van der Waals surface area contributed by atoms with Gasteiger partial charge < -0.3 is 10.6 Å². The number of para-hydroxylation sites is 1. The highest BCUT2D eigenvalue weighted by molar-refractivity contribution is 5.68. The Kier molecular flexibility index (Phi) is 3.45. The summed E-state index contributed by atoms with van der Waals surface area (Å²) in [4.78, 5) is 6.96. The highest BCUT2D eigenvalue weighted by atomic mass is 15.2. The van der Waals surface area contributed by atoms with Crippen LogP contribution in [0, 0.1) is 0 Å². The first-order chi connectivity index (χ1) is 9.68. The molecule has 0 saturated carbocycles. The lowest BCUT2D eigenvalue weighted by molar-refractivity contribution is 0.609. The van der Waals surface area contributed by atoms with Gasteiger partial charge in [0.1, 0.15) is 5.82 Å². The number of anilines is 2. The van der Waals surface area contributed by atoms with Gasteiger partial charge >= 0.3 is 0 Å².